The van der Waals surface area contributed by atoms with Gasteiger partial charge in [-0.05, 0) is 11.1 Å². The van der Waals surface area contributed by atoms with Gasteiger partial charge in [-0.25, -0.2) is 0 Å². The average Bonchev–Trinajstić information content (AvgIpc) is 2.97. The minimum absolute atomic E-state index is 0.278. The fourth-order valence-corrected chi connectivity index (χ4v) is 4.75. The lowest BCUT2D eigenvalue weighted by molar-refractivity contribution is -0.120. The van der Waals surface area contributed by atoms with Crippen LogP contribution in [0.3, 0.4) is 0 Å². The molecule has 0 unspecified atom stereocenters. The van der Waals surface area contributed by atoms with Crippen molar-refractivity contribution in [3.05, 3.63) is 71.8 Å². The monoisotopic (exact) mass is 290 g/mol. The highest BCUT2D eigenvalue weighted by Crippen LogP contribution is 2.62. The molecule has 0 atom stereocenters. The Labute approximate surface area is 130 Å². The van der Waals surface area contributed by atoms with Crippen molar-refractivity contribution in [2.45, 2.75) is 36.5 Å². The van der Waals surface area contributed by atoms with Crippen molar-refractivity contribution in [3.8, 4) is 0 Å². The molecule has 0 amide bonds. The Morgan fingerprint density at radius 3 is 1.18 bits per heavy atom. The SMILES string of the molecule is O=C1CC2(c3ccccc3)CC(=O)CC2(c2ccccc2)C1. The average molecular weight is 290 g/mol. The zero-order chi connectivity index (χ0) is 15.2. The maximum atomic E-state index is 12.4. The summed E-state index contributed by atoms with van der Waals surface area (Å²) in [5.41, 5.74) is 1.55. The fourth-order valence-electron chi connectivity index (χ4n) is 4.75. The Kier molecular flexibility index (Phi) is 2.83. The number of fused-ring (bicyclic) bond motifs is 1. The van der Waals surface area contributed by atoms with Crippen molar-refractivity contribution in [1.29, 1.82) is 0 Å². The molecule has 2 heteroatoms. The van der Waals surface area contributed by atoms with E-state index in [9.17, 15) is 9.59 Å². The van der Waals surface area contributed by atoms with Crippen molar-refractivity contribution in [2.24, 2.45) is 0 Å². The van der Waals surface area contributed by atoms with Crippen LogP contribution < -0.4 is 0 Å². The third-order valence-corrected chi connectivity index (χ3v) is 5.56. The molecule has 2 saturated carbocycles. The molecule has 2 nitrogen and oxygen atoms in total. The quantitative estimate of drug-likeness (QED) is 0.847. The summed E-state index contributed by atoms with van der Waals surface area (Å²) in [6.07, 6.45) is 1.94. The Morgan fingerprint density at radius 1 is 0.545 bits per heavy atom. The van der Waals surface area contributed by atoms with Crippen LogP contribution in [0.15, 0.2) is 60.7 Å². The highest BCUT2D eigenvalue weighted by atomic mass is 16.1. The van der Waals surface area contributed by atoms with Gasteiger partial charge in [0, 0.05) is 36.5 Å². The first kappa shape index (κ1) is 13.4. The summed E-state index contributed by atoms with van der Waals surface area (Å²) < 4.78 is 0. The van der Waals surface area contributed by atoms with Crippen molar-refractivity contribution in [2.75, 3.05) is 0 Å². The lowest BCUT2D eigenvalue weighted by atomic mass is 9.61. The first-order chi connectivity index (χ1) is 10.7. The van der Waals surface area contributed by atoms with Gasteiger partial charge in [0.1, 0.15) is 11.6 Å². The predicted octanol–water partition coefficient (Wildman–Crippen LogP) is 3.59. The highest BCUT2D eigenvalue weighted by molar-refractivity contribution is 5.95. The number of hydrogen-bond donors (Lipinski definition) is 0. The van der Waals surface area contributed by atoms with Gasteiger partial charge in [-0.1, -0.05) is 60.7 Å². The van der Waals surface area contributed by atoms with Crippen LogP contribution in [0.5, 0.6) is 0 Å². The molecule has 2 aliphatic rings. The van der Waals surface area contributed by atoms with Gasteiger partial charge in [0.25, 0.3) is 0 Å². The van der Waals surface area contributed by atoms with Crippen LogP contribution in [-0.4, -0.2) is 11.6 Å². The number of Topliss-reactive ketones (excluding diaryl/α,β-unsaturated/α-hetero) is 2. The summed E-state index contributed by atoms with van der Waals surface area (Å²) in [5, 5.41) is 0. The van der Waals surface area contributed by atoms with E-state index in [4.69, 9.17) is 0 Å². The van der Waals surface area contributed by atoms with Crippen molar-refractivity contribution >= 4 is 11.6 Å². The molecule has 0 aliphatic heterocycles. The molecule has 2 fully saturated rings. The van der Waals surface area contributed by atoms with Gasteiger partial charge in [-0.15, -0.1) is 0 Å². The first-order valence-electron chi connectivity index (χ1n) is 7.81. The Balaban J connectivity index is 1.98. The van der Waals surface area contributed by atoms with Gasteiger partial charge in [-0.2, -0.15) is 0 Å². The van der Waals surface area contributed by atoms with Gasteiger partial charge >= 0.3 is 0 Å². The largest absolute Gasteiger partial charge is 0.300 e. The molecule has 4 rings (SSSR count). The molecule has 0 N–H and O–H groups in total. The van der Waals surface area contributed by atoms with E-state index in [2.05, 4.69) is 24.3 Å². The molecule has 22 heavy (non-hydrogen) atoms. The summed E-state index contributed by atoms with van der Waals surface area (Å²) in [6.45, 7) is 0. The van der Waals surface area contributed by atoms with Crippen molar-refractivity contribution < 1.29 is 9.59 Å². The number of carbonyl (C=O) groups is 2. The summed E-state index contributed by atoms with van der Waals surface area (Å²) in [5.74, 6) is 0.556. The lowest BCUT2D eigenvalue weighted by Crippen LogP contribution is -2.40. The topological polar surface area (TPSA) is 34.1 Å². The predicted molar refractivity (Wildman–Crippen MR) is 84.7 cm³/mol. The summed E-state index contributed by atoms with van der Waals surface area (Å²) >= 11 is 0. The maximum absolute atomic E-state index is 12.4. The molecule has 2 aliphatic carbocycles. The van der Waals surface area contributed by atoms with E-state index in [-0.39, 0.29) is 22.4 Å². The maximum Gasteiger partial charge on any atom is 0.134 e. The van der Waals surface area contributed by atoms with E-state index in [0.717, 1.165) is 11.1 Å². The van der Waals surface area contributed by atoms with Gasteiger partial charge in [0.05, 0.1) is 0 Å². The molecular formula is C20H18O2. The van der Waals surface area contributed by atoms with Gasteiger partial charge in [0.15, 0.2) is 0 Å². The molecule has 2 aromatic carbocycles. The third-order valence-electron chi connectivity index (χ3n) is 5.56. The summed E-state index contributed by atoms with van der Waals surface area (Å²) in [7, 11) is 0. The number of benzene rings is 2. The first-order valence-corrected chi connectivity index (χ1v) is 7.81. The normalized spacial score (nSPS) is 30.5. The standard InChI is InChI=1S/C20H18O2/c21-17-11-19(15-7-3-1-4-8-15)12-18(22)14-20(19,13-17)16-9-5-2-6-10-16/h1-10H,11-14H2. The zero-order valence-corrected chi connectivity index (χ0v) is 12.4. The Bertz CT molecular complexity index is 649. The van der Waals surface area contributed by atoms with Crippen LogP contribution in [0, 0.1) is 0 Å². The smallest absolute Gasteiger partial charge is 0.134 e. The fraction of sp³-hybridized carbons (Fsp3) is 0.300. The Morgan fingerprint density at radius 2 is 0.864 bits per heavy atom. The molecule has 0 heterocycles. The molecule has 0 bridgehead atoms. The number of carbonyl (C=O) groups excluding carboxylic acids is 2. The second-order valence-corrected chi connectivity index (χ2v) is 6.68. The van der Waals surface area contributed by atoms with Gasteiger partial charge < -0.3 is 0 Å². The van der Waals surface area contributed by atoms with Gasteiger partial charge in [-0.3, -0.25) is 9.59 Å². The second kappa shape index (κ2) is 4.64. The van der Waals surface area contributed by atoms with Crippen LogP contribution in [0.4, 0.5) is 0 Å². The number of rotatable bonds is 2. The summed E-state index contributed by atoms with van der Waals surface area (Å²) in [6, 6.07) is 20.3. The van der Waals surface area contributed by atoms with Crippen molar-refractivity contribution in [1.82, 2.24) is 0 Å². The number of ketones is 2. The molecule has 0 aromatic heterocycles. The van der Waals surface area contributed by atoms with Gasteiger partial charge in [0.2, 0.25) is 0 Å². The van der Waals surface area contributed by atoms with E-state index in [1.165, 1.54) is 0 Å². The number of hydrogen-bond acceptors (Lipinski definition) is 2. The Hall–Kier alpha value is -2.22. The highest BCUT2D eigenvalue weighted by Gasteiger charge is 2.64. The molecular weight excluding hydrogens is 272 g/mol. The van der Waals surface area contributed by atoms with Crippen LogP contribution in [0.1, 0.15) is 36.8 Å². The third kappa shape index (κ3) is 1.67. The summed E-state index contributed by atoms with van der Waals surface area (Å²) in [4.78, 5) is 24.8. The minimum atomic E-state index is -0.357. The molecule has 0 saturated heterocycles. The molecule has 0 radical (unpaired) electrons. The van der Waals surface area contributed by atoms with Crippen LogP contribution in [0.2, 0.25) is 0 Å². The molecule has 2 aromatic rings. The van der Waals surface area contributed by atoms with E-state index >= 15 is 0 Å². The van der Waals surface area contributed by atoms with Crippen molar-refractivity contribution in [3.63, 3.8) is 0 Å². The van der Waals surface area contributed by atoms with E-state index < -0.39 is 0 Å². The molecule has 0 spiro atoms. The zero-order valence-electron chi connectivity index (χ0n) is 12.4. The molecule has 110 valence electrons. The lowest BCUT2D eigenvalue weighted by Gasteiger charge is -2.40. The van der Waals surface area contributed by atoms with Crippen LogP contribution in [-0.2, 0) is 20.4 Å². The van der Waals surface area contributed by atoms with Crippen LogP contribution >= 0.6 is 0 Å². The minimum Gasteiger partial charge on any atom is -0.300 e. The van der Waals surface area contributed by atoms with Crippen LogP contribution in [0.25, 0.3) is 0 Å². The van der Waals surface area contributed by atoms with E-state index in [1.807, 2.05) is 36.4 Å². The van der Waals surface area contributed by atoms with E-state index in [1.54, 1.807) is 0 Å². The van der Waals surface area contributed by atoms with E-state index in [0.29, 0.717) is 25.7 Å². The second-order valence-electron chi connectivity index (χ2n) is 6.68.